The van der Waals surface area contributed by atoms with Gasteiger partial charge < -0.3 is 10.1 Å². The molecule has 1 heterocycles. The molecule has 102 valence electrons. The Labute approximate surface area is 121 Å². The van der Waals surface area contributed by atoms with Crippen molar-refractivity contribution in [2.24, 2.45) is 11.1 Å². The topological polar surface area (TPSA) is 52.9 Å². The van der Waals surface area contributed by atoms with Gasteiger partial charge in [0.25, 0.3) is 5.91 Å². The molecule has 4 nitrogen and oxygen atoms in total. The maximum atomic E-state index is 12.3. The Bertz CT molecular complexity index is 531. The van der Waals surface area contributed by atoms with E-state index >= 15 is 0 Å². The average Bonchev–Trinajstić information content (AvgIpc) is 2.41. The monoisotopic (exact) mass is 300 g/mol. The molecule has 1 atom stereocenters. The molecule has 0 radical (unpaired) electrons. The van der Waals surface area contributed by atoms with Gasteiger partial charge in [-0.2, -0.15) is 0 Å². The normalized spacial score (nSPS) is 21.7. The number of benzene rings is 1. The molecule has 0 spiro atoms. The molecule has 1 fully saturated rings. The first-order valence-electron chi connectivity index (χ1n) is 5.98. The van der Waals surface area contributed by atoms with Gasteiger partial charge >= 0.3 is 0 Å². The van der Waals surface area contributed by atoms with Crippen molar-refractivity contribution in [3.8, 4) is 0 Å². The van der Waals surface area contributed by atoms with Crippen LogP contribution in [0.15, 0.2) is 23.4 Å². The van der Waals surface area contributed by atoms with Gasteiger partial charge in [-0.05, 0) is 18.2 Å². The quantitative estimate of drug-likeness (QED) is 0.639. The van der Waals surface area contributed by atoms with Crippen LogP contribution in [-0.4, -0.2) is 34.8 Å². The second-order valence-electron chi connectivity index (χ2n) is 4.62. The van der Waals surface area contributed by atoms with Gasteiger partial charge in [-0.1, -0.05) is 35.3 Å². The van der Waals surface area contributed by atoms with Crippen molar-refractivity contribution in [1.29, 1.82) is 0 Å². The number of hydrogen-bond donors (Lipinski definition) is 1. The number of hydrogen-bond acceptors (Lipinski definition) is 3. The molecule has 1 unspecified atom stereocenters. The molecule has 1 saturated heterocycles. The first-order chi connectivity index (χ1) is 9.02. The lowest BCUT2D eigenvalue weighted by molar-refractivity contribution is 0.0734. The Kier molecular flexibility index (Phi) is 4.32. The van der Waals surface area contributed by atoms with Gasteiger partial charge in [0.15, 0.2) is 0 Å². The lowest BCUT2D eigenvalue weighted by atomic mass is 9.97. The van der Waals surface area contributed by atoms with Crippen LogP contribution in [0.3, 0.4) is 0 Å². The van der Waals surface area contributed by atoms with Crippen molar-refractivity contribution in [3.05, 3.63) is 33.8 Å². The highest BCUT2D eigenvalue weighted by atomic mass is 35.5. The average molecular weight is 301 g/mol. The maximum absolute atomic E-state index is 12.3. The van der Waals surface area contributed by atoms with E-state index in [1.807, 2.05) is 6.92 Å². The van der Waals surface area contributed by atoms with Crippen LogP contribution in [0.2, 0.25) is 10.0 Å². The molecule has 19 heavy (non-hydrogen) atoms. The van der Waals surface area contributed by atoms with Gasteiger partial charge in [-0.25, -0.2) is 0 Å². The van der Waals surface area contributed by atoms with E-state index < -0.39 is 0 Å². The number of likely N-dealkylation sites (tertiary alicyclic amines) is 1. The minimum absolute atomic E-state index is 0.0606. The van der Waals surface area contributed by atoms with Gasteiger partial charge in [0.1, 0.15) is 0 Å². The van der Waals surface area contributed by atoms with Crippen LogP contribution in [0.5, 0.6) is 0 Å². The molecule has 0 bridgehead atoms. The highest BCUT2D eigenvalue weighted by Crippen LogP contribution is 2.24. The zero-order valence-corrected chi connectivity index (χ0v) is 11.9. The minimum atomic E-state index is -0.0811. The molecule has 0 aliphatic carbocycles. The first-order valence-corrected chi connectivity index (χ1v) is 6.73. The van der Waals surface area contributed by atoms with E-state index in [2.05, 4.69) is 5.16 Å². The summed E-state index contributed by atoms with van der Waals surface area (Å²) in [6.45, 7) is 3.02. The van der Waals surface area contributed by atoms with Crippen molar-refractivity contribution >= 4 is 34.8 Å². The Hall–Kier alpha value is -1.26. The summed E-state index contributed by atoms with van der Waals surface area (Å²) in [6, 6.07) is 4.86. The van der Waals surface area contributed by atoms with E-state index in [-0.39, 0.29) is 11.8 Å². The number of nitrogens with zero attached hydrogens (tertiary/aromatic N) is 2. The molecular weight excluding hydrogens is 287 g/mol. The second-order valence-corrected chi connectivity index (χ2v) is 5.44. The predicted octanol–water partition coefficient (Wildman–Crippen LogP) is 3.31. The summed E-state index contributed by atoms with van der Waals surface area (Å²) in [7, 11) is 0. The van der Waals surface area contributed by atoms with Crippen molar-refractivity contribution in [3.63, 3.8) is 0 Å². The lowest BCUT2D eigenvalue weighted by Crippen LogP contribution is -2.43. The maximum Gasteiger partial charge on any atom is 0.253 e. The second kappa shape index (κ2) is 5.80. The third-order valence-electron chi connectivity index (χ3n) is 3.28. The Morgan fingerprint density at radius 2 is 2.16 bits per heavy atom. The van der Waals surface area contributed by atoms with Gasteiger partial charge in [0, 0.05) is 31.0 Å². The van der Waals surface area contributed by atoms with Crippen LogP contribution in [0.25, 0.3) is 0 Å². The van der Waals surface area contributed by atoms with Crippen molar-refractivity contribution in [2.75, 3.05) is 13.1 Å². The summed E-state index contributed by atoms with van der Waals surface area (Å²) in [6.07, 6.45) is 0.588. The Morgan fingerprint density at radius 1 is 1.42 bits per heavy atom. The van der Waals surface area contributed by atoms with Gasteiger partial charge in [0.05, 0.1) is 15.8 Å². The lowest BCUT2D eigenvalue weighted by Gasteiger charge is -2.31. The highest BCUT2D eigenvalue weighted by Gasteiger charge is 2.26. The standard InChI is InChI=1S/C13H14Cl2N2O2/c1-8-7-17(5-4-12(8)16-19)13(18)9-2-3-10(14)11(15)6-9/h2-3,6,8,19H,4-5,7H2,1H3/b16-12+. The largest absolute Gasteiger partial charge is 0.411 e. The van der Waals surface area contributed by atoms with Crippen LogP contribution in [0.1, 0.15) is 23.7 Å². The fourth-order valence-corrected chi connectivity index (χ4v) is 2.47. The molecule has 0 aromatic heterocycles. The molecule has 0 saturated carbocycles. The molecule has 2 rings (SSSR count). The predicted molar refractivity (Wildman–Crippen MR) is 75.4 cm³/mol. The minimum Gasteiger partial charge on any atom is -0.411 e. The van der Waals surface area contributed by atoms with Crippen molar-refractivity contribution < 1.29 is 10.0 Å². The van der Waals surface area contributed by atoms with Gasteiger partial charge in [-0.15, -0.1) is 0 Å². The summed E-state index contributed by atoms with van der Waals surface area (Å²) < 4.78 is 0. The molecule has 6 heteroatoms. The van der Waals surface area contributed by atoms with Crippen LogP contribution in [0, 0.1) is 5.92 Å². The zero-order valence-electron chi connectivity index (χ0n) is 10.4. The number of carbonyl (C=O) groups excluding carboxylic acids is 1. The first kappa shape index (κ1) is 14.2. The van der Waals surface area contributed by atoms with Gasteiger partial charge in [0.2, 0.25) is 0 Å². The third-order valence-corrected chi connectivity index (χ3v) is 4.02. The summed E-state index contributed by atoms with van der Waals surface area (Å²) in [5.41, 5.74) is 1.25. The summed E-state index contributed by atoms with van der Waals surface area (Å²) >= 11 is 11.7. The molecule has 1 aliphatic rings. The smallest absolute Gasteiger partial charge is 0.253 e. The molecule has 1 aromatic rings. The Balaban J connectivity index is 2.14. The van der Waals surface area contributed by atoms with Crippen LogP contribution in [-0.2, 0) is 0 Å². The number of rotatable bonds is 1. The van der Waals surface area contributed by atoms with E-state index in [1.54, 1.807) is 23.1 Å². The number of carbonyl (C=O) groups is 1. The van der Waals surface area contributed by atoms with Crippen LogP contribution >= 0.6 is 23.2 Å². The third kappa shape index (κ3) is 3.01. The van der Waals surface area contributed by atoms with E-state index in [0.717, 1.165) is 5.71 Å². The SMILES string of the molecule is CC1CN(C(=O)c2ccc(Cl)c(Cl)c2)CC/C1=N\O. The van der Waals surface area contributed by atoms with Crippen LogP contribution in [0.4, 0.5) is 0 Å². The zero-order chi connectivity index (χ0) is 14.0. The fraction of sp³-hybridized carbons (Fsp3) is 0.385. The summed E-state index contributed by atoms with van der Waals surface area (Å²) in [4.78, 5) is 14.1. The molecule has 1 aromatic carbocycles. The number of oxime groups is 1. The van der Waals surface area contributed by atoms with Gasteiger partial charge in [-0.3, -0.25) is 4.79 Å². The fourth-order valence-electron chi connectivity index (χ4n) is 2.17. The summed E-state index contributed by atoms with van der Waals surface area (Å²) in [5.74, 6) is -0.0205. The number of halogens is 2. The van der Waals surface area contributed by atoms with E-state index in [4.69, 9.17) is 28.4 Å². The van der Waals surface area contributed by atoms with E-state index in [1.165, 1.54) is 0 Å². The molecule has 1 N–H and O–H groups in total. The Morgan fingerprint density at radius 3 is 2.74 bits per heavy atom. The molecule has 1 amide bonds. The van der Waals surface area contributed by atoms with Crippen molar-refractivity contribution in [2.45, 2.75) is 13.3 Å². The molecule has 1 aliphatic heterocycles. The molecular formula is C13H14Cl2N2O2. The highest BCUT2D eigenvalue weighted by molar-refractivity contribution is 6.42. The number of amides is 1. The van der Waals surface area contributed by atoms with Crippen molar-refractivity contribution in [1.82, 2.24) is 4.90 Å². The van der Waals surface area contributed by atoms with Crippen LogP contribution < -0.4 is 0 Å². The summed E-state index contributed by atoms with van der Waals surface area (Å²) in [5, 5.41) is 12.9. The van der Waals surface area contributed by atoms with E-state index in [0.29, 0.717) is 35.1 Å². The van der Waals surface area contributed by atoms with E-state index in [9.17, 15) is 4.79 Å². The number of piperidine rings is 1.